The predicted molar refractivity (Wildman–Crippen MR) is 99.6 cm³/mol. The number of anilines is 1. The molecule has 0 fully saturated rings. The fourth-order valence-corrected chi connectivity index (χ4v) is 3.25. The van der Waals surface area contributed by atoms with E-state index in [2.05, 4.69) is 28.9 Å². The minimum absolute atomic E-state index is 0.0502. The van der Waals surface area contributed by atoms with Crippen molar-refractivity contribution < 1.29 is 14.3 Å². The van der Waals surface area contributed by atoms with Gasteiger partial charge >= 0.3 is 0 Å². The Labute approximate surface area is 152 Å². The van der Waals surface area contributed by atoms with E-state index in [0.29, 0.717) is 23.6 Å². The van der Waals surface area contributed by atoms with Gasteiger partial charge in [0.05, 0.1) is 12.5 Å². The van der Waals surface area contributed by atoms with Crippen LogP contribution in [-0.2, 0) is 4.79 Å². The summed E-state index contributed by atoms with van der Waals surface area (Å²) in [4.78, 5) is 12.7. The lowest BCUT2D eigenvalue weighted by Gasteiger charge is -2.21. The second-order valence-corrected chi connectivity index (χ2v) is 6.32. The first-order valence-electron chi connectivity index (χ1n) is 8.58. The molecule has 3 aromatic rings. The Balaban J connectivity index is 1.54. The number of aromatic nitrogens is 1. The van der Waals surface area contributed by atoms with E-state index in [1.807, 2.05) is 48.8 Å². The van der Waals surface area contributed by atoms with Crippen molar-refractivity contribution in [3.63, 3.8) is 0 Å². The van der Waals surface area contributed by atoms with E-state index >= 15 is 0 Å². The van der Waals surface area contributed by atoms with Gasteiger partial charge in [-0.3, -0.25) is 4.79 Å². The Bertz CT molecular complexity index is 919. The van der Waals surface area contributed by atoms with Crippen LogP contribution in [0.3, 0.4) is 0 Å². The highest BCUT2D eigenvalue weighted by Crippen LogP contribution is 2.34. The standard InChI is InChI=1S/C21H20N2O3/c1-15-6-2-3-7-17(15)18(23-10-4-5-11-23)13-21(24)22-16-8-9-19-20(12-16)26-14-25-19/h2-12,18H,13-14H2,1H3,(H,22,24)/t18-/m0/s1. The number of nitrogens with zero attached hydrogens (tertiary/aromatic N) is 1. The molecule has 0 saturated heterocycles. The van der Waals surface area contributed by atoms with Crippen LogP contribution in [0.5, 0.6) is 11.5 Å². The van der Waals surface area contributed by atoms with Gasteiger partial charge in [-0.1, -0.05) is 24.3 Å². The number of rotatable bonds is 5. The third-order valence-corrected chi connectivity index (χ3v) is 4.57. The molecule has 0 spiro atoms. The van der Waals surface area contributed by atoms with E-state index in [4.69, 9.17) is 9.47 Å². The van der Waals surface area contributed by atoms with Crippen LogP contribution >= 0.6 is 0 Å². The molecule has 5 nitrogen and oxygen atoms in total. The number of nitrogens with one attached hydrogen (secondary N) is 1. The maximum atomic E-state index is 12.7. The molecule has 1 aliphatic rings. The number of benzene rings is 2. The third-order valence-electron chi connectivity index (χ3n) is 4.57. The van der Waals surface area contributed by atoms with Crippen LogP contribution in [-0.4, -0.2) is 17.3 Å². The van der Waals surface area contributed by atoms with Crippen LogP contribution in [0.1, 0.15) is 23.6 Å². The Morgan fingerprint density at radius 3 is 2.65 bits per heavy atom. The summed E-state index contributed by atoms with van der Waals surface area (Å²) in [6.07, 6.45) is 4.32. The molecule has 0 saturated carbocycles. The monoisotopic (exact) mass is 348 g/mol. The Kier molecular flexibility index (Phi) is 4.35. The highest BCUT2D eigenvalue weighted by atomic mass is 16.7. The maximum Gasteiger partial charge on any atom is 0.231 e. The van der Waals surface area contributed by atoms with Crippen molar-refractivity contribution in [2.45, 2.75) is 19.4 Å². The summed E-state index contributed by atoms with van der Waals surface area (Å²) in [5, 5.41) is 2.97. The molecule has 1 amide bonds. The number of carbonyl (C=O) groups excluding carboxylic acids is 1. The molecular weight excluding hydrogens is 328 g/mol. The zero-order chi connectivity index (χ0) is 17.9. The van der Waals surface area contributed by atoms with E-state index in [1.165, 1.54) is 5.56 Å². The normalized spacial score (nSPS) is 13.4. The predicted octanol–water partition coefficient (Wildman–Crippen LogP) is 4.14. The highest BCUT2D eigenvalue weighted by molar-refractivity contribution is 5.91. The molecule has 1 aliphatic heterocycles. The lowest BCUT2D eigenvalue weighted by molar-refractivity contribution is -0.116. The first-order chi connectivity index (χ1) is 12.7. The van der Waals surface area contributed by atoms with Crippen molar-refractivity contribution in [2.75, 3.05) is 12.1 Å². The number of amides is 1. The van der Waals surface area contributed by atoms with Gasteiger partial charge in [-0.05, 0) is 42.3 Å². The van der Waals surface area contributed by atoms with Crippen LogP contribution in [0.2, 0.25) is 0 Å². The smallest absolute Gasteiger partial charge is 0.231 e. The number of hydrogen-bond acceptors (Lipinski definition) is 3. The minimum Gasteiger partial charge on any atom is -0.454 e. The van der Waals surface area contributed by atoms with E-state index < -0.39 is 0 Å². The summed E-state index contributed by atoms with van der Waals surface area (Å²) in [6, 6.07) is 17.5. The van der Waals surface area contributed by atoms with Gasteiger partial charge in [0, 0.05) is 24.1 Å². The SMILES string of the molecule is Cc1ccccc1[C@H](CC(=O)Nc1ccc2c(c1)OCO2)n1cccc1. The molecule has 4 rings (SSSR count). The maximum absolute atomic E-state index is 12.7. The average Bonchev–Trinajstić information content (AvgIpc) is 3.32. The molecule has 1 aromatic heterocycles. The molecule has 2 aromatic carbocycles. The summed E-state index contributed by atoms with van der Waals surface area (Å²) in [6.45, 7) is 2.29. The van der Waals surface area contributed by atoms with Gasteiger partial charge in [0.1, 0.15) is 0 Å². The summed E-state index contributed by atoms with van der Waals surface area (Å²) in [5.74, 6) is 1.31. The molecule has 132 valence electrons. The van der Waals surface area contributed by atoms with E-state index in [-0.39, 0.29) is 18.7 Å². The topological polar surface area (TPSA) is 52.5 Å². The second kappa shape index (κ2) is 6.96. The van der Waals surface area contributed by atoms with Crippen LogP contribution in [0, 0.1) is 6.92 Å². The van der Waals surface area contributed by atoms with E-state index in [1.54, 1.807) is 6.07 Å². The average molecular weight is 348 g/mol. The van der Waals surface area contributed by atoms with Crippen LogP contribution in [0.4, 0.5) is 5.69 Å². The minimum atomic E-state index is -0.0554. The molecule has 0 unspecified atom stereocenters. The first kappa shape index (κ1) is 16.3. The van der Waals surface area contributed by atoms with Gasteiger partial charge < -0.3 is 19.4 Å². The molecule has 26 heavy (non-hydrogen) atoms. The van der Waals surface area contributed by atoms with Gasteiger partial charge in [-0.2, -0.15) is 0 Å². The molecule has 0 aliphatic carbocycles. The van der Waals surface area contributed by atoms with Crippen molar-refractivity contribution in [1.82, 2.24) is 4.57 Å². The molecule has 1 N–H and O–H groups in total. The number of aryl methyl sites for hydroxylation is 1. The lowest BCUT2D eigenvalue weighted by Crippen LogP contribution is -2.20. The zero-order valence-corrected chi connectivity index (χ0v) is 14.5. The fraction of sp³-hybridized carbons (Fsp3) is 0.190. The third kappa shape index (κ3) is 3.28. The molecule has 1 atom stereocenters. The van der Waals surface area contributed by atoms with Crippen molar-refractivity contribution >= 4 is 11.6 Å². The van der Waals surface area contributed by atoms with Gasteiger partial charge in [0.25, 0.3) is 0 Å². The largest absolute Gasteiger partial charge is 0.454 e. The second-order valence-electron chi connectivity index (χ2n) is 6.32. The van der Waals surface area contributed by atoms with Crippen LogP contribution < -0.4 is 14.8 Å². The highest BCUT2D eigenvalue weighted by Gasteiger charge is 2.20. The Morgan fingerprint density at radius 2 is 1.85 bits per heavy atom. The van der Waals surface area contributed by atoms with E-state index in [9.17, 15) is 4.79 Å². The number of fused-ring (bicyclic) bond motifs is 1. The number of hydrogen-bond donors (Lipinski definition) is 1. The lowest BCUT2D eigenvalue weighted by atomic mass is 9.98. The molecule has 0 bridgehead atoms. The van der Waals surface area contributed by atoms with Crippen molar-refractivity contribution in [3.05, 3.63) is 78.1 Å². The van der Waals surface area contributed by atoms with Gasteiger partial charge in [-0.25, -0.2) is 0 Å². The van der Waals surface area contributed by atoms with E-state index in [0.717, 1.165) is 5.56 Å². The molecular formula is C21H20N2O3. The summed E-state index contributed by atoms with van der Waals surface area (Å²) in [5.41, 5.74) is 3.02. The number of ether oxygens (including phenoxy) is 2. The van der Waals surface area contributed by atoms with Crippen LogP contribution in [0.15, 0.2) is 67.0 Å². The Morgan fingerprint density at radius 1 is 1.08 bits per heavy atom. The summed E-state index contributed by atoms with van der Waals surface area (Å²) < 4.78 is 12.7. The van der Waals surface area contributed by atoms with Crippen molar-refractivity contribution in [2.24, 2.45) is 0 Å². The molecule has 2 heterocycles. The van der Waals surface area contributed by atoms with Gasteiger partial charge in [0.15, 0.2) is 11.5 Å². The van der Waals surface area contributed by atoms with Crippen molar-refractivity contribution in [1.29, 1.82) is 0 Å². The molecule has 0 radical (unpaired) electrons. The zero-order valence-electron chi connectivity index (χ0n) is 14.5. The molecule has 5 heteroatoms. The fourth-order valence-electron chi connectivity index (χ4n) is 3.25. The van der Waals surface area contributed by atoms with Gasteiger partial charge in [0.2, 0.25) is 12.7 Å². The van der Waals surface area contributed by atoms with Gasteiger partial charge in [-0.15, -0.1) is 0 Å². The first-order valence-corrected chi connectivity index (χ1v) is 8.58. The van der Waals surface area contributed by atoms with Crippen molar-refractivity contribution in [3.8, 4) is 11.5 Å². The summed E-state index contributed by atoms with van der Waals surface area (Å²) >= 11 is 0. The van der Waals surface area contributed by atoms with Crippen LogP contribution in [0.25, 0.3) is 0 Å². The summed E-state index contributed by atoms with van der Waals surface area (Å²) in [7, 11) is 0. The Hall–Kier alpha value is -3.21. The quantitative estimate of drug-likeness (QED) is 0.754. The number of carbonyl (C=O) groups is 1.